The lowest BCUT2D eigenvalue weighted by Gasteiger charge is -2.04. The first kappa shape index (κ1) is 19.2. The Kier molecular flexibility index (Phi) is 5.29. The fourth-order valence-corrected chi connectivity index (χ4v) is 3.62. The lowest BCUT2D eigenvalue weighted by molar-refractivity contribution is 0.102. The molecule has 4 rings (SSSR count). The fraction of sp³-hybridized carbons (Fsp3) is 0.0588. The molecule has 4 aromatic rings. The second kappa shape index (κ2) is 7.71. The van der Waals surface area contributed by atoms with Gasteiger partial charge in [-0.25, -0.2) is 9.50 Å². The second-order valence-electron chi connectivity index (χ2n) is 5.78. The van der Waals surface area contributed by atoms with Crippen LogP contribution in [-0.4, -0.2) is 30.3 Å². The minimum Gasteiger partial charge on any atom is -0.302 e. The van der Waals surface area contributed by atoms with E-state index in [1.807, 2.05) is 6.07 Å². The van der Waals surface area contributed by atoms with Crippen molar-refractivity contribution in [3.05, 3.63) is 73.7 Å². The summed E-state index contributed by atoms with van der Waals surface area (Å²) in [6, 6.07) is 7.01. The standard InChI is InChI=1S/C17H10BrCl3N6O/c18-13-14(24-27-5-1-4-22-16(13)27)17(28)23-15-12(21)8-26(25-15)7-9-2-3-10(19)11(20)6-9/h1-6,8H,7H2,(H,23,25,28). The number of hydrogen-bond donors (Lipinski definition) is 1. The van der Waals surface area contributed by atoms with Crippen LogP contribution < -0.4 is 5.32 Å². The quantitative estimate of drug-likeness (QED) is 0.430. The molecule has 0 aliphatic heterocycles. The van der Waals surface area contributed by atoms with Crippen LogP contribution in [-0.2, 0) is 6.54 Å². The monoisotopic (exact) mass is 498 g/mol. The Morgan fingerprint density at radius 1 is 1.14 bits per heavy atom. The molecule has 0 fully saturated rings. The van der Waals surface area contributed by atoms with Crippen LogP contribution in [0.2, 0.25) is 15.1 Å². The van der Waals surface area contributed by atoms with E-state index in [1.165, 1.54) is 4.52 Å². The van der Waals surface area contributed by atoms with E-state index in [-0.39, 0.29) is 11.5 Å². The average Bonchev–Trinajstić information content (AvgIpc) is 3.18. The molecule has 0 unspecified atom stereocenters. The molecule has 0 bridgehead atoms. The lowest BCUT2D eigenvalue weighted by atomic mass is 10.2. The Morgan fingerprint density at radius 2 is 1.96 bits per heavy atom. The van der Waals surface area contributed by atoms with E-state index in [2.05, 4.69) is 36.4 Å². The molecule has 3 aromatic heterocycles. The maximum atomic E-state index is 12.6. The molecule has 28 heavy (non-hydrogen) atoms. The summed E-state index contributed by atoms with van der Waals surface area (Å²) in [6.07, 6.45) is 4.92. The van der Waals surface area contributed by atoms with E-state index in [1.54, 1.807) is 41.5 Å². The highest BCUT2D eigenvalue weighted by atomic mass is 79.9. The van der Waals surface area contributed by atoms with Crippen LogP contribution in [0.5, 0.6) is 0 Å². The van der Waals surface area contributed by atoms with E-state index in [9.17, 15) is 4.79 Å². The third-order valence-electron chi connectivity index (χ3n) is 3.83. The summed E-state index contributed by atoms with van der Waals surface area (Å²) in [5.41, 5.74) is 1.60. The molecule has 11 heteroatoms. The largest absolute Gasteiger partial charge is 0.302 e. The number of aromatic nitrogens is 5. The van der Waals surface area contributed by atoms with Gasteiger partial charge >= 0.3 is 0 Å². The first-order chi connectivity index (χ1) is 13.4. The van der Waals surface area contributed by atoms with Gasteiger partial charge < -0.3 is 5.32 Å². The highest BCUT2D eigenvalue weighted by Crippen LogP contribution is 2.26. The van der Waals surface area contributed by atoms with Gasteiger partial charge in [0.1, 0.15) is 5.02 Å². The number of hydrogen-bond acceptors (Lipinski definition) is 4. The summed E-state index contributed by atoms with van der Waals surface area (Å²) >= 11 is 21.6. The minimum atomic E-state index is -0.459. The van der Waals surface area contributed by atoms with Crippen LogP contribution >= 0.6 is 50.7 Å². The molecule has 7 nitrogen and oxygen atoms in total. The SMILES string of the molecule is O=C(Nc1nn(Cc2ccc(Cl)c(Cl)c2)cc1Cl)c1nn2cccnc2c1Br. The zero-order chi connectivity index (χ0) is 19.8. The highest BCUT2D eigenvalue weighted by molar-refractivity contribution is 9.10. The average molecular weight is 501 g/mol. The number of fused-ring (bicyclic) bond motifs is 1. The van der Waals surface area contributed by atoms with Crippen molar-refractivity contribution in [3.8, 4) is 0 Å². The van der Waals surface area contributed by atoms with Gasteiger partial charge in [0.15, 0.2) is 17.2 Å². The normalized spacial score (nSPS) is 11.1. The number of benzene rings is 1. The van der Waals surface area contributed by atoms with Crippen molar-refractivity contribution < 1.29 is 4.79 Å². The van der Waals surface area contributed by atoms with Gasteiger partial charge in [-0.2, -0.15) is 10.2 Å². The van der Waals surface area contributed by atoms with Crippen molar-refractivity contribution in [2.75, 3.05) is 5.32 Å². The molecule has 3 heterocycles. The number of nitrogens with zero attached hydrogens (tertiary/aromatic N) is 5. The topological polar surface area (TPSA) is 77.1 Å². The van der Waals surface area contributed by atoms with Gasteiger partial charge in [-0.1, -0.05) is 40.9 Å². The third kappa shape index (κ3) is 3.73. The summed E-state index contributed by atoms with van der Waals surface area (Å²) < 4.78 is 3.58. The Bertz CT molecular complexity index is 1210. The first-order valence-electron chi connectivity index (χ1n) is 7.89. The smallest absolute Gasteiger partial charge is 0.278 e. The molecule has 0 radical (unpaired) electrons. The summed E-state index contributed by atoms with van der Waals surface area (Å²) in [7, 11) is 0. The number of anilines is 1. The molecule has 0 spiro atoms. The molecule has 0 aliphatic carbocycles. The van der Waals surface area contributed by atoms with Gasteiger partial charge in [0, 0.05) is 18.6 Å². The zero-order valence-corrected chi connectivity index (χ0v) is 17.8. The number of nitrogens with one attached hydrogen (secondary N) is 1. The van der Waals surface area contributed by atoms with Crippen molar-refractivity contribution in [3.63, 3.8) is 0 Å². The van der Waals surface area contributed by atoms with Crippen LogP contribution in [0.15, 0.2) is 47.3 Å². The van der Waals surface area contributed by atoms with E-state index < -0.39 is 5.91 Å². The summed E-state index contributed by atoms with van der Waals surface area (Å²) in [5.74, 6) is -0.234. The number of amides is 1. The number of halogens is 4. The van der Waals surface area contributed by atoms with Crippen LogP contribution in [0.4, 0.5) is 5.82 Å². The first-order valence-corrected chi connectivity index (χ1v) is 9.82. The van der Waals surface area contributed by atoms with Gasteiger partial charge in [0.05, 0.1) is 21.1 Å². The number of carbonyl (C=O) groups is 1. The van der Waals surface area contributed by atoms with Gasteiger partial charge in [-0.3, -0.25) is 9.48 Å². The van der Waals surface area contributed by atoms with Gasteiger partial charge in [-0.15, -0.1) is 0 Å². The molecular formula is C17H10BrCl3N6O. The Morgan fingerprint density at radius 3 is 2.71 bits per heavy atom. The Balaban J connectivity index is 1.55. The van der Waals surface area contributed by atoms with Crippen LogP contribution in [0.3, 0.4) is 0 Å². The molecule has 1 aromatic carbocycles. The van der Waals surface area contributed by atoms with Crippen LogP contribution in [0.25, 0.3) is 5.65 Å². The zero-order valence-electron chi connectivity index (χ0n) is 13.9. The Hall–Kier alpha value is -2.13. The van der Waals surface area contributed by atoms with Gasteiger partial charge in [-0.05, 0) is 39.7 Å². The summed E-state index contributed by atoms with van der Waals surface area (Å²) in [4.78, 5) is 16.8. The molecule has 1 N–H and O–H groups in total. The lowest BCUT2D eigenvalue weighted by Crippen LogP contribution is -2.14. The molecule has 1 amide bonds. The van der Waals surface area contributed by atoms with Gasteiger partial charge in [0.25, 0.3) is 5.91 Å². The molecule has 0 atom stereocenters. The predicted molar refractivity (Wildman–Crippen MR) is 111 cm³/mol. The molecule has 142 valence electrons. The molecule has 0 saturated heterocycles. The van der Waals surface area contributed by atoms with Crippen LogP contribution in [0, 0.1) is 0 Å². The van der Waals surface area contributed by atoms with E-state index >= 15 is 0 Å². The summed E-state index contributed by atoms with van der Waals surface area (Å²) in [5, 5.41) is 12.4. The fourth-order valence-electron chi connectivity index (χ4n) is 2.56. The van der Waals surface area contributed by atoms with Gasteiger partial charge in [0.2, 0.25) is 0 Å². The number of carbonyl (C=O) groups excluding carboxylic acids is 1. The maximum absolute atomic E-state index is 12.6. The van der Waals surface area contributed by atoms with Crippen LogP contribution in [0.1, 0.15) is 16.1 Å². The van der Waals surface area contributed by atoms with Crippen molar-refractivity contribution in [2.45, 2.75) is 6.54 Å². The van der Waals surface area contributed by atoms with Crippen molar-refractivity contribution in [1.29, 1.82) is 0 Å². The van der Waals surface area contributed by atoms with Crippen molar-refractivity contribution in [1.82, 2.24) is 24.4 Å². The highest BCUT2D eigenvalue weighted by Gasteiger charge is 2.20. The Labute approximate surface area is 182 Å². The molecular weight excluding hydrogens is 490 g/mol. The van der Waals surface area contributed by atoms with E-state index in [0.29, 0.717) is 31.7 Å². The minimum absolute atomic E-state index is 0.175. The molecule has 0 aliphatic rings. The van der Waals surface area contributed by atoms with E-state index in [0.717, 1.165) is 5.56 Å². The maximum Gasteiger partial charge on any atom is 0.278 e. The molecule has 0 saturated carbocycles. The number of rotatable bonds is 4. The summed E-state index contributed by atoms with van der Waals surface area (Å²) in [6.45, 7) is 0.411. The predicted octanol–water partition coefficient (Wildman–Crippen LogP) is 4.95. The third-order valence-corrected chi connectivity index (χ3v) is 5.58. The van der Waals surface area contributed by atoms with E-state index in [4.69, 9.17) is 34.8 Å². The van der Waals surface area contributed by atoms with Crippen molar-refractivity contribution in [2.24, 2.45) is 0 Å². The van der Waals surface area contributed by atoms with Crippen molar-refractivity contribution >= 4 is 68.1 Å². The second-order valence-corrected chi connectivity index (χ2v) is 7.79.